The van der Waals surface area contributed by atoms with E-state index in [1.54, 1.807) is 35.6 Å². The van der Waals surface area contributed by atoms with Crippen LogP contribution < -0.4 is 4.90 Å². The predicted octanol–water partition coefficient (Wildman–Crippen LogP) is 5.87. The first-order valence-electron chi connectivity index (χ1n) is 12.2. The average Bonchev–Trinajstić information content (AvgIpc) is 3.43. The van der Waals surface area contributed by atoms with Crippen molar-refractivity contribution in [3.05, 3.63) is 83.7 Å². The lowest BCUT2D eigenvalue weighted by Gasteiger charge is -2.28. The molecule has 2 heterocycles. The summed E-state index contributed by atoms with van der Waals surface area (Å²) in [6, 6.07) is 18.2. The first-order valence-corrected chi connectivity index (χ1v) is 13.0. The summed E-state index contributed by atoms with van der Waals surface area (Å²) in [4.78, 5) is 46.7. The Bertz CT molecular complexity index is 1480. The van der Waals surface area contributed by atoms with E-state index in [-0.39, 0.29) is 37.0 Å². The van der Waals surface area contributed by atoms with Crippen molar-refractivity contribution in [2.75, 3.05) is 4.90 Å². The van der Waals surface area contributed by atoms with Crippen molar-refractivity contribution in [1.29, 1.82) is 0 Å². The summed E-state index contributed by atoms with van der Waals surface area (Å²) in [5.41, 5.74) is 4.15. The lowest BCUT2D eigenvalue weighted by molar-refractivity contribution is -0.139. The second kappa shape index (κ2) is 10.2. The van der Waals surface area contributed by atoms with Crippen LogP contribution in [0.5, 0.6) is 0 Å². The van der Waals surface area contributed by atoms with Crippen LogP contribution in [0, 0.1) is 12.7 Å². The van der Waals surface area contributed by atoms with Crippen LogP contribution in [-0.4, -0.2) is 33.6 Å². The highest BCUT2D eigenvalue weighted by Crippen LogP contribution is 2.33. The van der Waals surface area contributed by atoms with E-state index in [2.05, 4.69) is 6.07 Å². The van der Waals surface area contributed by atoms with E-state index in [1.165, 1.54) is 22.6 Å². The largest absolute Gasteiger partial charge is 0.326 e. The standard InChI is InChI=1S/C29H26FN3O3S/c1-3-4-26(34)32(17-19-6-10-21(30)11-7-19)24-16-27(35)33(29(24)36)22-12-8-20(9-13-22)28-31-23-14-5-18(2)15-25(23)37-28/h5-15,24H,3-4,16-17H2,1-2H3. The van der Waals surface area contributed by atoms with Crippen LogP contribution in [0.2, 0.25) is 0 Å². The first kappa shape index (κ1) is 24.8. The molecule has 37 heavy (non-hydrogen) atoms. The van der Waals surface area contributed by atoms with E-state index in [4.69, 9.17) is 4.98 Å². The molecule has 5 rings (SSSR count). The molecule has 0 bridgehead atoms. The molecular weight excluding hydrogens is 489 g/mol. The number of anilines is 1. The maximum absolute atomic E-state index is 13.5. The Hall–Kier alpha value is -3.91. The third kappa shape index (κ3) is 5.02. The Morgan fingerprint density at radius 3 is 2.51 bits per heavy atom. The molecule has 3 amide bonds. The van der Waals surface area contributed by atoms with Gasteiger partial charge in [-0.3, -0.25) is 14.4 Å². The quantitative estimate of drug-likeness (QED) is 0.289. The van der Waals surface area contributed by atoms with Crippen molar-refractivity contribution in [2.24, 2.45) is 0 Å². The highest BCUT2D eigenvalue weighted by Gasteiger charge is 2.44. The Kier molecular flexibility index (Phi) is 6.84. The number of carbonyl (C=O) groups excluding carboxylic acids is 3. The molecule has 1 aliphatic heterocycles. The van der Waals surface area contributed by atoms with Crippen molar-refractivity contribution in [1.82, 2.24) is 9.88 Å². The maximum atomic E-state index is 13.5. The van der Waals surface area contributed by atoms with Crippen molar-refractivity contribution >= 4 is 45.0 Å². The van der Waals surface area contributed by atoms with Gasteiger partial charge in [0.1, 0.15) is 16.9 Å². The molecule has 0 radical (unpaired) electrons. The van der Waals surface area contributed by atoms with Gasteiger partial charge < -0.3 is 4.90 Å². The van der Waals surface area contributed by atoms with Crippen LogP contribution in [0.3, 0.4) is 0 Å². The van der Waals surface area contributed by atoms with Crippen molar-refractivity contribution in [3.8, 4) is 10.6 Å². The minimum Gasteiger partial charge on any atom is -0.326 e. The van der Waals surface area contributed by atoms with Crippen molar-refractivity contribution < 1.29 is 18.8 Å². The topological polar surface area (TPSA) is 70.6 Å². The number of rotatable bonds is 7. The average molecular weight is 516 g/mol. The number of thiazole rings is 1. The van der Waals surface area contributed by atoms with Gasteiger partial charge in [0.2, 0.25) is 11.8 Å². The number of halogens is 1. The normalized spacial score (nSPS) is 15.5. The fourth-order valence-corrected chi connectivity index (χ4v) is 5.62. The summed E-state index contributed by atoms with van der Waals surface area (Å²) in [6.45, 7) is 4.06. The minimum atomic E-state index is -0.899. The van der Waals surface area contributed by atoms with Gasteiger partial charge in [-0.15, -0.1) is 11.3 Å². The molecule has 0 aliphatic carbocycles. The number of hydrogen-bond acceptors (Lipinski definition) is 5. The van der Waals surface area contributed by atoms with Gasteiger partial charge in [0.15, 0.2) is 0 Å². The lowest BCUT2D eigenvalue weighted by Crippen LogP contribution is -2.45. The summed E-state index contributed by atoms with van der Waals surface area (Å²) in [5, 5.41) is 0.861. The summed E-state index contributed by atoms with van der Waals surface area (Å²) in [5.74, 6) is -1.37. The molecule has 188 valence electrons. The fraction of sp³-hybridized carbons (Fsp3) is 0.241. The number of aryl methyl sites for hydroxylation is 1. The Morgan fingerprint density at radius 1 is 1.08 bits per heavy atom. The molecule has 3 aromatic carbocycles. The molecule has 8 heteroatoms. The van der Waals surface area contributed by atoms with E-state index >= 15 is 0 Å². The molecule has 1 atom stereocenters. The molecule has 6 nitrogen and oxygen atoms in total. The highest BCUT2D eigenvalue weighted by molar-refractivity contribution is 7.21. The third-order valence-corrected chi connectivity index (χ3v) is 7.53. The summed E-state index contributed by atoms with van der Waals surface area (Å²) in [7, 11) is 0. The number of amides is 3. The first-order chi connectivity index (χ1) is 17.8. The molecule has 1 fully saturated rings. The van der Waals surface area contributed by atoms with E-state index < -0.39 is 11.9 Å². The maximum Gasteiger partial charge on any atom is 0.257 e. The smallest absolute Gasteiger partial charge is 0.257 e. The molecule has 1 aliphatic rings. The van der Waals surface area contributed by atoms with Gasteiger partial charge in [-0.25, -0.2) is 14.3 Å². The number of nitrogens with zero attached hydrogens (tertiary/aromatic N) is 3. The van der Waals surface area contributed by atoms with Crippen LogP contribution in [-0.2, 0) is 20.9 Å². The van der Waals surface area contributed by atoms with Crippen LogP contribution in [0.1, 0.15) is 37.3 Å². The van der Waals surface area contributed by atoms with E-state index in [0.29, 0.717) is 17.7 Å². The van der Waals surface area contributed by atoms with Gasteiger partial charge in [-0.1, -0.05) is 25.1 Å². The second-order valence-electron chi connectivity index (χ2n) is 9.22. The van der Waals surface area contributed by atoms with E-state index in [9.17, 15) is 18.8 Å². The number of aromatic nitrogens is 1. The molecular formula is C29H26FN3O3S. The van der Waals surface area contributed by atoms with Gasteiger partial charge >= 0.3 is 0 Å². The van der Waals surface area contributed by atoms with Crippen LogP contribution in [0.4, 0.5) is 10.1 Å². The Morgan fingerprint density at radius 2 is 1.81 bits per heavy atom. The van der Waals surface area contributed by atoms with Crippen LogP contribution in [0.25, 0.3) is 20.8 Å². The molecule has 1 unspecified atom stereocenters. The minimum absolute atomic E-state index is 0.0888. The predicted molar refractivity (Wildman–Crippen MR) is 143 cm³/mol. The van der Waals surface area contributed by atoms with Crippen LogP contribution >= 0.6 is 11.3 Å². The molecule has 0 spiro atoms. The number of carbonyl (C=O) groups is 3. The number of imide groups is 1. The van der Waals surface area contributed by atoms with Crippen LogP contribution in [0.15, 0.2) is 66.7 Å². The summed E-state index contributed by atoms with van der Waals surface area (Å²) >= 11 is 1.59. The zero-order valence-electron chi connectivity index (χ0n) is 20.6. The van der Waals surface area contributed by atoms with Gasteiger partial charge in [-0.2, -0.15) is 0 Å². The number of hydrogen-bond donors (Lipinski definition) is 0. The molecule has 1 saturated heterocycles. The second-order valence-corrected chi connectivity index (χ2v) is 10.3. The van der Waals surface area contributed by atoms with E-state index in [1.807, 2.05) is 38.1 Å². The molecule has 0 saturated carbocycles. The van der Waals surface area contributed by atoms with Gasteiger partial charge in [0.25, 0.3) is 5.91 Å². The van der Waals surface area contributed by atoms with E-state index in [0.717, 1.165) is 25.7 Å². The van der Waals surface area contributed by atoms with Gasteiger partial charge in [0.05, 0.1) is 22.3 Å². The lowest BCUT2D eigenvalue weighted by atomic mass is 10.1. The number of benzene rings is 3. The molecule has 4 aromatic rings. The molecule has 0 N–H and O–H groups in total. The zero-order valence-corrected chi connectivity index (χ0v) is 21.4. The fourth-order valence-electron chi connectivity index (χ4n) is 4.56. The van der Waals surface area contributed by atoms with Gasteiger partial charge in [-0.05, 0) is 73.0 Å². The molecule has 1 aromatic heterocycles. The monoisotopic (exact) mass is 515 g/mol. The Balaban J connectivity index is 1.38. The Labute approximate surface area is 218 Å². The number of fused-ring (bicyclic) bond motifs is 1. The summed E-state index contributed by atoms with van der Waals surface area (Å²) in [6.07, 6.45) is 0.786. The van der Waals surface area contributed by atoms with Crippen molar-refractivity contribution in [3.63, 3.8) is 0 Å². The SMILES string of the molecule is CCCC(=O)N(Cc1ccc(F)cc1)C1CC(=O)N(c2ccc(-c3nc4ccc(C)cc4s3)cc2)C1=O. The zero-order chi connectivity index (χ0) is 26.1. The van der Waals surface area contributed by atoms with Crippen molar-refractivity contribution in [2.45, 2.75) is 45.7 Å². The third-order valence-electron chi connectivity index (χ3n) is 6.47. The highest BCUT2D eigenvalue weighted by atomic mass is 32.1. The summed E-state index contributed by atoms with van der Waals surface area (Å²) < 4.78 is 14.5. The van der Waals surface area contributed by atoms with Gasteiger partial charge in [0, 0.05) is 18.5 Å².